The SMILES string of the molecule is CCOc1ccc(/C=N\N2C(=O)[C@H]3[C@H](C2=O)[C@H]2C=C[C@H]3C2)c(OCC)c1. The topological polar surface area (TPSA) is 68.2 Å². The second-order valence-corrected chi connectivity index (χ2v) is 6.80. The van der Waals surface area contributed by atoms with Gasteiger partial charge in [-0.2, -0.15) is 10.1 Å². The average Bonchev–Trinajstić information content (AvgIpc) is 3.30. The number of rotatable bonds is 6. The minimum atomic E-state index is -0.235. The van der Waals surface area contributed by atoms with Crippen LogP contribution in [0.3, 0.4) is 0 Å². The highest BCUT2D eigenvalue weighted by molar-refractivity contribution is 6.06. The van der Waals surface area contributed by atoms with Crippen LogP contribution in [0.15, 0.2) is 35.5 Å². The van der Waals surface area contributed by atoms with E-state index in [0.29, 0.717) is 30.3 Å². The van der Waals surface area contributed by atoms with Crippen molar-refractivity contribution in [3.8, 4) is 11.5 Å². The monoisotopic (exact) mass is 354 g/mol. The van der Waals surface area contributed by atoms with Crippen LogP contribution < -0.4 is 9.47 Å². The third-order valence-electron chi connectivity index (χ3n) is 5.36. The molecule has 1 heterocycles. The van der Waals surface area contributed by atoms with E-state index in [2.05, 4.69) is 17.3 Å². The normalized spacial score (nSPS) is 29.1. The van der Waals surface area contributed by atoms with E-state index in [1.165, 1.54) is 6.21 Å². The number of benzene rings is 1. The first-order valence-corrected chi connectivity index (χ1v) is 9.13. The van der Waals surface area contributed by atoms with Gasteiger partial charge in [0, 0.05) is 11.6 Å². The van der Waals surface area contributed by atoms with Crippen molar-refractivity contribution in [2.45, 2.75) is 20.3 Å². The van der Waals surface area contributed by atoms with Crippen molar-refractivity contribution in [3.63, 3.8) is 0 Å². The molecule has 4 rings (SSSR count). The number of hydrogen-bond donors (Lipinski definition) is 0. The molecule has 136 valence electrons. The van der Waals surface area contributed by atoms with Crippen molar-refractivity contribution in [1.29, 1.82) is 0 Å². The van der Waals surface area contributed by atoms with Crippen molar-refractivity contribution < 1.29 is 19.1 Å². The van der Waals surface area contributed by atoms with Crippen molar-refractivity contribution in [1.82, 2.24) is 5.01 Å². The first-order valence-electron chi connectivity index (χ1n) is 9.13. The molecule has 6 nitrogen and oxygen atoms in total. The fraction of sp³-hybridized carbons (Fsp3) is 0.450. The molecule has 0 N–H and O–H groups in total. The van der Waals surface area contributed by atoms with Crippen molar-refractivity contribution >= 4 is 18.0 Å². The fourth-order valence-electron chi connectivity index (χ4n) is 4.28. The van der Waals surface area contributed by atoms with E-state index in [9.17, 15) is 9.59 Å². The van der Waals surface area contributed by atoms with Gasteiger partial charge in [0.15, 0.2) is 0 Å². The summed E-state index contributed by atoms with van der Waals surface area (Å²) < 4.78 is 11.1. The van der Waals surface area contributed by atoms with Gasteiger partial charge in [0.1, 0.15) is 11.5 Å². The first kappa shape index (κ1) is 16.8. The Morgan fingerprint density at radius 2 is 1.73 bits per heavy atom. The number of amides is 2. The zero-order chi connectivity index (χ0) is 18.3. The molecule has 6 heteroatoms. The van der Waals surface area contributed by atoms with Gasteiger partial charge in [-0.05, 0) is 44.2 Å². The van der Waals surface area contributed by atoms with Crippen molar-refractivity contribution in [2.75, 3.05) is 13.2 Å². The number of hydrazone groups is 1. The molecular weight excluding hydrogens is 332 g/mol. The highest BCUT2D eigenvalue weighted by Crippen LogP contribution is 2.52. The van der Waals surface area contributed by atoms with Crippen molar-refractivity contribution in [2.24, 2.45) is 28.8 Å². The maximum atomic E-state index is 12.7. The Hall–Kier alpha value is -2.63. The van der Waals surface area contributed by atoms with Crippen LogP contribution >= 0.6 is 0 Å². The Morgan fingerprint density at radius 3 is 2.35 bits per heavy atom. The Bertz CT molecular complexity index is 771. The number of carbonyl (C=O) groups excluding carboxylic acids is 2. The second-order valence-electron chi connectivity index (χ2n) is 6.80. The molecular formula is C20H22N2O4. The van der Waals surface area contributed by atoms with Crippen LogP contribution in [0.2, 0.25) is 0 Å². The van der Waals surface area contributed by atoms with Crippen LogP contribution in [0.25, 0.3) is 0 Å². The van der Waals surface area contributed by atoms with Crippen LogP contribution in [0.1, 0.15) is 25.8 Å². The average molecular weight is 354 g/mol. The van der Waals surface area contributed by atoms with Crippen molar-refractivity contribution in [3.05, 3.63) is 35.9 Å². The number of carbonyl (C=O) groups is 2. The summed E-state index contributed by atoms with van der Waals surface area (Å²) >= 11 is 0. The molecule has 0 spiro atoms. The minimum Gasteiger partial charge on any atom is -0.494 e. The molecule has 4 atom stereocenters. The summed E-state index contributed by atoms with van der Waals surface area (Å²) in [5.41, 5.74) is 0.703. The predicted octanol–water partition coefficient (Wildman–Crippen LogP) is 2.63. The van der Waals surface area contributed by atoms with Gasteiger partial charge in [0.05, 0.1) is 31.3 Å². The van der Waals surface area contributed by atoms with Crippen LogP contribution in [0, 0.1) is 23.7 Å². The third-order valence-corrected chi connectivity index (χ3v) is 5.36. The predicted molar refractivity (Wildman–Crippen MR) is 95.9 cm³/mol. The highest BCUT2D eigenvalue weighted by Gasteiger charge is 2.59. The Balaban J connectivity index is 1.57. The Labute approximate surface area is 152 Å². The fourth-order valence-corrected chi connectivity index (χ4v) is 4.28. The first-order chi connectivity index (χ1) is 12.6. The van der Waals surface area contributed by atoms with Crippen LogP contribution in [0.5, 0.6) is 11.5 Å². The second kappa shape index (κ2) is 6.59. The van der Waals surface area contributed by atoms with Gasteiger partial charge in [0.2, 0.25) is 0 Å². The van der Waals surface area contributed by atoms with E-state index >= 15 is 0 Å². The largest absolute Gasteiger partial charge is 0.494 e. The summed E-state index contributed by atoms with van der Waals surface area (Å²) in [6.45, 7) is 4.87. The van der Waals surface area contributed by atoms with Gasteiger partial charge in [-0.3, -0.25) is 9.59 Å². The number of allylic oxidation sites excluding steroid dienone is 2. The lowest BCUT2D eigenvalue weighted by atomic mass is 9.85. The van der Waals surface area contributed by atoms with Crippen LogP contribution in [-0.4, -0.2) is 36.3 Å². The molecule has 2 amide bonds. The molecule has 3 aliphatic rings. The molecule has 0 unspecified atom stereocenters. The minimum absolute atomic E-state index is 0.183. The van der Waals surface area contributed by atoms with E-state index in [1.54, 1.807) is 6.07 Å². The summed E-state index contributed by atoms with van der Waals surface area (Å²) in [5.74, 6) is 0.857. The molecule has 2 bridgehead atoms. The van der Waals surface area contributed by atoms with Gasteiger partial charge in [-0.15, -0.1) is 0 Å². The summed E-state index contributed by atoms with van der Waals surface area (Å²) in [6.07, 6.45) is 6.58. The molecule has 2 aliphatic carbocycles. The summed E-state index contributed by atoms with van der Waals surface area (Å²) in [6, 6.07) is 5.43. The molecule has 0 aromatic heterocycles. The molecule has 1 aromatic rings. The van der Waals surface area contributed by atoms with E-state index in [0.717, 1.165) is 11.4 Å². The lowest BCUT2D eigenvalue weighted by Gasteiger charge is -2.13. The van der Waals surface area contributed by atoms with Crippen LogP contribution in [-0.2, 0) is 9.59 Å². The maximum absolute atomic E-state index is 12.7. The Morgan fingerprint density at radius 1 is 1.08 bits per heavy atom. The number of hydrogen-bond acceptors (Lipinski definition) is 5. The van der Waals surface area contributed by atoms with Gasteiger partial charge >= 0.3 is 0 Å². The van der Waals surface area contributed by atoms with Gasteiger partial charge in [0.25, 0.3) is 11.8 Å². The smallest absolute Gasteiger partial charge is 0.254 e. The van der Waals surface area contributed by atoms with E-state index in [1.807, 2.05) is 26.0 Å². The maximum Gasteiger partial charge on any atom is 0.254 e. The molecule has 0 radical (unpaired) electrons. The van der Waals surface area contributed by atoms with Crippen LogP contribution in [0.4, 0.5) is 0 Å². The van der Waals surface area contributed by atoms with Gasteiger partial charge in [-0.25, -0.2) is 0 Å². The summed E-state index contributed by atoms with van der Waals surface area (Å²) in [4.78, 5) is 25.3. The zero-order valence-corrected chi connectivity index (χ0v) is 14.9. The highest BCUT2D eigenvalue weighted by atomic mass is 16.5. The lowest BCUT2D eigenvalue weighted by Crippen LogP contribution is -2.28. The van der Waals surface area contributed by atoms with E-state index in [-0.39, 0.29) is 35.5 Å². The van der Waals surface area contributed by atoms with Gasteiger partial charge in [-0.1, -0.05) is 12.2 Å². The van der Waals surface area contributed by atoms with Gasteiger partial charge < -0.3 is 9.47 Å². The molecule has 1 saturated carbocycles. The van der Waals surface area contributed by atoms with E-state index in [4.69, 9.17) is 9.47 Å². The number of nitrogens with zero attached hydrogens (tertiary/aromatic N) is 2. The molecule has 2 fully saturated rings. The number of ether oxygens (including phenoxy) is 2. The summed E-state index contributed by atoms with van der Waals surface area (Å²) in [5, 5.41) is 5.26. The zero-order valence-electron chi connectivity index (χ0n) is 14.9. The number of imide groups is 1. The third kappa shape index (κ3) is 2.60. The number of fused-ring (bicyclic) bond motifs is 5. The molecule has 1 aliphatic heterocycles. The quantitative estimate of drug-likeness (QED) is 0.447. The van der Waals surface area contributed by atoms with E-state index < -0.39 is 0 Å². The molecule has 1 saturated heterocycles. The molecule has 1 aromatic carbocycles. The lowest BCUT2D eigenvalue weighted by molar-refractivity contribution is -0.140. The Kier molecular flexibility index (Phi) is 4.26. The summed E-state index contributed by atoms with van der Waals surface area (Å²) in [7, 11) is 0. The standard InChI is InChI=1S/C20H22N2O4/c1-3-25-15-8-7-14(16(10-15)26-4-2)11-21-22-19(23)17-12-5-6-13(9-12)18(17)20(22)24/h5-8,10-13,17-18H,3-4,9H2,1-2H3/b21-11-/t12-,13-,17+,18+/m0/s1. The molecule has 26 heavy (non-hydrogen) atoms.